The van der Waals surface area contributed by atoms with Crippen molar-refractivity contribution >= 4 is 5.69 Å². The molecule has 0 amide bonds. The quantitative estimate of drug-likeness (QED) is 0.822. The van der Waals surface area contributed by atoms with E-state index in [0.29, 0.717) is 6.04 Å². The molecular weight excluding hydrogens is 200 g/mol. The lowest BCUT2D eigenvalue weighted by Gasteiger charge is -2.39. The van der Waals surface area contributed by atoms with Crippen LogP contribution in [0.3, 0.4) is 0 Å². The van der Waals surface area contributed by atoms with Gasteiger partial charge in [0.25, 0.3) is 0 Å². The smallest absolute Gasteiger partial charge is 0.143 e. The molecule has 0 saturated carbocycles. The molecule has 2 unspecified atom stereocenters. The summed E-state index contributed by atoms with van der Waals surface area (Å²) >= 11 is 0. The van der Waals surface area contributed by atoms with E-state index in [9.17, 15) is 0 Å². The average Bonchev–Trinajstić information content (AvgIpc) is 2.25. The lowest BCUT2D eigenvalue weighted by Crippen LogP contribution is -2.50. The van der Waals surface area contributed by atoms with Gasteiger partial charge < -0.3 is 15.0 Å². The van der Waals surface area contributed by atoms with Crippen LogP contribution in [0.15, 0.2) is 18.2 Å². The normalized spacial score (nSPS) is 23.9. The summed E-state index contributed by atoms with van der Waals surface area (Å²) in [6.45, 7) is 5.17. The first-order valence-corrected chi connectivity index (χ1v) is 5.78. The molecule has 0 spiro atoms. The zero-order chi connectivity index (χ0) is 11.7. The maximum Gasteiger partial charge on any atom is 0.143 e. The summed E-state index contributed by atoms with van der Waals surface area (Å²) in [5.74, 6) is 1.00. The van der Waals surface area contributed by atoms with E-state index in [4.69, 9.17) is 4.74 Å². The predicted octanol–water partition coefficient (Wildman–Crippen LogP) is 1.80. The highest BCUT2D eigenvalue weighted by molar-refractivity contribution is 5.61. The van der Waals surface area contributed by atoms with E-state index in [1.807, 2.05) is 7.05 Å². The van der Waals surface area contributed by atoms with E-state index >= 15 is 0 Å². The highest BCUT2D eigenvalue weighted by atomic mass is 16.5. The third kappa shape index (κ3) is 1.87. The van der Waals surface area contributed by atoms with Gasteiger partial charge in [-0.15, -0.1) is 0 Å². The lowest BCUT2D eigenvalue weighted by atomic mass is 10.1. The molecular formula is C13H20N2O. The van der Waals surface area contributed by atoms with Crippen molar-refractivity contribution in [2.24, 2.45) is 0 Å². The van der Waals surface area contributed by atoms with Gasteiger partial charge in [0, 0.05) is 13.6 Å². The minimum Gasteiger partial charge on any atom is -0.485 e. The number of fused-ring (bicyclic) bond motifs is 1. The fraction of sp³-hybridized carbons (Fsp3) is 0.538. The molecule has 2 rings (SSSR count). The number of likely N-dealkylation sites (N-methyl/N-ethyl adjacent to an activating group) is 2. The van der Waals surface area contributed by atoms with Gasteiger partial charge in [-0.05, 0) is 38.6 Å². The van der Waals surface area contributed by atoms with Crippen LogP contribution in [0.1, 0.15) is 12.5 Å². The second-order valence-electron chi connectivity index (χ2n) is 4.54. The summed E-state index contributed by atoms with van der Waals surface area (Å²) in [6.07, 6.45) is 0.212. The van der Waals surface area contributed by atoms with Crippen LogP contribution in [-0.2, 0) is 0 Å². The van der Waals surface area contributed by atoms with Crippen LogP contribution < -0.4 is 15.0 Å². The zero-order valence-electron chi connectivity index (χ0n) is 10.4. The molecule has 0 bridgehead atoms. The van der Waals surface area contributed by atoms with Crippen LogP contribution in [-0.4, -0.2) is 32.8 Å². The molecule has 1 aromatic carbocycles. The Balaban J connectivity index is 2.32. The molecule has 1 aliphatic rings. The fourth-order valence-electron chi connectivity index (χ4n) is 2.15. The number of benzene rings is 1. The third-order valence-corrected chi connectivity index (χ3v) is 3.33. The standard InChI is InChI=1S/C13H20N2O/c1-9-5-6-11-12(7-9)16-13(8-14-3)10(2)15(11)4/h5-7,10,13-14H,8H2,1-4H3. The summed E-state index contributed by atoms with van der Waals surface area (Å²) in [5, 5.41) is 3.18. The summed E-state index contributed by atoms with van der Waals surface area (Å²) in [6, 6.07) is 6.77. The highest BCUT2D eigenvalue weighted by Gasteiger charge is 2.29. The summed E-state index contributed by atoms with van der Waals surface area (Å²) < 4.78 is 6.03. The minimum atomic E-state index is 0.212. The van der Waals surface area contributed by atoms with Crippen molar-refractivity contribution in [1.29, 1.82) is 0 Å². The van der Waals surface area contributed by atoms with Gasteiger partial charge in [-0.2, -0.15) is 0 Å². The molecule has 16 heavy (non-hydrogen) atoms. The summed E-state index contributed by atoms with van der Waals surface area (Å²) in [5.41, 5.74) is 2.43. The van der Waals surface area contributed by atoms with Gasteiger partial charge in [0.1, 0.15) is 11.9 Å². The van der Waals surface area contributed by atoms with Crippen LogP contribution in [0.2, 0.25) is 0 Å². The number of nitrogens with zero attached hydrogens (tertiary/aromatic N) is 1. The first kappa shape index (κ1) is 11.3. The molecule has 0 fully saturated rings. The second-order valence-corrected chi connectivity index (χ2v) is 4.54. The van der Waals surface area contributed by atoms with E-state index in [1.54, 1.807) is 0 Å². The molecule has 3 heteroatoms. The Labute approximate surface area is 97.4 Å². The van der Waals surface area contributed by atoms with Gasteiger partial charge in [-0.1, -0.05) is 6.07 Å². The predicted molar refractivity (Wildman–Crippen MR) is 67.4 cm³/mol. The van der Waals surface area contributed by atoms with E-state index in [2.05, 4.69) is 49.3 Å². The van der Waals surface area contributed by atoms with Crippen LogP contribution in [0, 0.1) is 6.92 Å². The number of aryl methyl sites for hydroxylation is 1. The Hall–Kier alpha value is -1.22. The molecule has 1 N–H and O–H groups in total. The molecule has 0 aromatic heterocycles. The first-order chi connectivity index (χ1) is 7.63. The number of hydrogen-bond donors (Lipinski definition) is 1. The van der Waals surface area contributed by atoms with Crippen molar-refractivity contribution < 1.29 is 4.74 Å². The minimum absolute atomic E-state index is 0.212. The number of rotatable bonds is 2. The van der Waals surface area contributed by atoms with Crippen molar-refractivity contribution in [3.63, 3.8) is 0 Å². The number of anilines is 1. The fourth-order valence-corrected chi connectivity index (χ4v) is 2.15. The Morgan fingerprint density at radius 1 is 1.44 bits per heavy atom. The van der Waals surface area contributed by atoms with Gasteiger partial charge in [0.15, 0.2) is 0 Å². The van der Waals surface area contributed by atoms with Gasteiger partial charge in [0.05, 0.1) is 11.7 Å². The van der Waals surface area contributed by atoms with Crippen molar-refractivity contribution in [1.82, 2.24) is 5.32 Å². The molecule has 1 aromatic rings. The van der Waals surface area contributed by atoms with Crippen molar-refractivity contribution in [2.45, 2.75) is 26.0 Å². The Bertz CT molecular complexity index is 378. The van der Waals surface area contributed by atoms with Gasteiger partial charge >= 0.3 is 0 Å². The molecule has 0 aliphatic carbocycles. The molecule has 0 saturated heterocycles. The summed E-state index contributed by atoms with van der Waals surface area (Å²) in [4.78, 5) is 2.29. The molecule has 0 radical (unpaired) electrons. The van der Waals surface area contributed by atoms with Gasteiger partial charge in [-0.25, -0.2) is 0 Å². The second kappa shape index (κ2) is 4.34. The Kier molecular flexibility index (Phi) is 3.06. The number of nitrogens with one attached hydrogen (secondary N) is 1. The lowest BCUT2D eigenvalue weighted by molar-refractivity contribution is 0.160. The number of hydrogen-bond acceptors (Lipinski definition) is 3. The topological polar surface area (TPSA) is 24.5 Å². The van der Waals surface area contributed by atoms with Crippen molar-refractivity contribution in [2.75, 3.05) is 25.5 Å². The first-order valence-electron chi connectivity index (χ1n) is 5.78. The molecule has 88 valence electrons. The molecule has 1 heterocycles. The largest absolute Gasteiger partial charge is 0.485 e. The molecule has 3 nitrogen and oxygen atoms in total. The highest BCUT2D eigenvalue weighted by Crippen LogP contribution is 2.35. The van der Waals surface area contributed by atoms with Crippen LogP contribution in [0.5, 0.6) is 5.75 Å². The van der Waals surface area contributed by atoms with Crippen LogP contribution in [0.4, 0.5) is 5.69 Å². The monoisotopic (exact) mass is 220 g/mol. The van der Waals surface area contributed by atoms with E-state index in [1.165, 1.54) is 11.3 Å². The van der Waals surface area contributed by atoms with Crippen molar-refractivity contribution in [3.05, 3.63) is 23.8 Å². The van der Waals surface area contributed by atoms with Gasteiger partial charge in [-0.3, -0.25) is 0 Å². The SMILES string of the molecule is CNCC1Oc2cc(C)ccc2N(C)C1C. The van der Waals surface area contributed by atoms with Crippen LogP contribution >= 0.6 is 0 Å². The zero-order valence-corrected chi connectivity index (χ0v) is 10.4. The maximum absolute atomic E-state index is 6.03. The average molecular weight is 220 g/mol. The summed E-state index contributed by atoms with van der Waals surface area (Å²) in [7, 11) is 4.09. The Morgan fingerprint density at radius 3 is 2.88 bits per heavy atom. The Morgan fingerprint density at radius 2 is 2.19 bits per heavy atom. The van der Waals surface area contributed by atoms with Crippen LogP contribution in [0.25, 0.3) is 0 Å². The van der Waals surface area contributed by atoms with E-state index in [0.717, 1.165) is 12.3 Å². The van der Waals surface area contributed by atoms with Crippen molar-refractivity contribution in [3.8, 4) is 5.75 Å². The van der Waals surface area contributed by atoms with E-state index < -0.39 is 0 Å². The maximum atomic E-state index is 6.03. The third-order valence-electron chi connectivity index (χ3n) is 3.33. The molecule has 2 atom stereocenters. The number of ether oxygens (including phenoxy) is 1. The van der Waals surface area contributed by atoms with E-state index in [-0.39, 0.29) is 6.10 Å². The molecule has 1 aliphatic heterocycles. The van der Waals surface area contributed by atoms with Gasteiger partial charge in [0.2, 0.25) is 0 Å².